The van der Waals surface area contributed by atoms with E-state index in [0.717, 1.165) is 50.7 Å². The normalized spacial score (nSPS) is 50.1. The van der Waals surface area contributed by atoms with Crippen molar-refractivity contribution in [1.29, 1.82) is 0 Å². The molecule has 4 aliphatic carbocycles. The Morgan fingerprint density at radius 2 is 1.63 bits per heavy atom. The summed E-state index contributed by atoms with van der Waals surface area (Å²) in [5, 5.41) is 21.6. The van der Waals surface area contributed by atoms with Crippen molar-refractivity contribution in [2.75, 3.05) is 0 Å². The van der Waals surface area contributed by atoms with Crippen LogP contribution in [0.25, 0.3) is 0 Å². The number of hydrogen-bond donors (Lipinski definition) is 2. The predicted octanol–water partition coefficient (Wildman–Crippen LogP) is 5.62. The zero-order chi connectivity index (χ0) is 21.7. The van der Waals surface area contributed by atoms with E-state index in [0.29, 0.717) is 40.4 Å². The lowest BCUT2D eigenvalue weighted by atomic mass is 9.43. The highest BCUT2D eigenvalue weighted by atomic mass is 16.3. The Balaban J connectivity index is 1.48. The maximum atomic E-state index is 11.3. The first-order chi connectivity index (χ1) is 14.2. The molecule has 0 amide bonds. The van der Waals surface area contributed by atoms with Gasteiger partial charge >= 0.3 is 0 Å². The maximum absolute atomic E-state index is 11.3. The summed E-state index contributed by atoms with van der Waals surface area (Å²) in [5.74, 6) is 3.94. The highest BCUT2D eigenvalue weighted by molar-refractivity contribution is 5.52. The molecule has 4 saturated carbocycles. The van der Waals surface area contributed by atoms with E-state index in [4.69, 9.17) is 0 Å². The van der Waals surface area contributed by atoms with Crippen molar-refractivity contribution in [3.05, 3.63) is 0 Å². The van der Waals surface area contributed by atoms with Crippen molar-refractivity contribution in [3.8, 4) is 0 Å². The van der Waals surface area contributed by atoms with Crippen LogP contribution >= 0.6 is 0 Å². The average Bonchev–Trinajstić information content (AvgIpc) is 3.06. The lowest BCUT2D eigenvalue weighted by molar-refractivity contribution is -0.174. The second-order valence-corrected chi connectivity index (χ2v) is 12.5. The topological polar surface area (TPSA) is 57.5 Å². The van der Waals surface area contributed by atoms with E-state index in [1.165, 1.54) is 32.1 Å². The van der Waals surface area contributed by atoms with E-state index in [1.807, 2.05) is 6.92 Å². The molecule has 3 nitrogen and oxygen atoms in total. The summed E-state index contributed by atoms with van der Waals surface area (Å²) >= 11 is 0. The fourth-order valence-electron chi connectivity index (χ4n) is 9.21. The molecule has 0 spiro atoms. The van der Waals surface area contributed by atoms with Crippen molar-refractivity contribution >= 4 is 6.29 Å². The van der Waals surface area contributed by atoms with Crippen molar-refractivity contribution < 1.29 is 15.0 Å². The van der Waals surface area contributed by atoms with Crippen LogP contribution in [0.2, 0.25) is 0 Å². The van der Waals surface area contributed by atoms with Gasteiger partial charge in [-0.1, -0.05) is 40.5 Å². The van der Waals surface area contributed by atoms with E-state index < -0.39 is 0 Å². The summed E-state index contributed by atoms with van der Waals surface area (Å²) in [5.41, 5.74) is 0.689. The predicted molar refractivity (Wildman–Crippen MR) is 121 cm³/mol. The monoisotopic (exact) mass is 418 g/mol. The SMILES string of the molecule is CC(C=O)CCC[C@@H](C)[C@H]1CC[C@H]2[C@@H]3C(O)CC4CC(O)CC[C@]4(C)[C@H]3CC[C@]12C. The van der Waals surface area contributed by atoms with E-state index in [1.54, 1.807) is 0 Å². The van der Waals surface area contributed by atoms with Gasteiger partial charge in [-0.15, -0.1) is 0 Å². The van der Waals surface area contributed by atoms with Crippen molar-refractivity contribution in [2.45, 2.75) is 111 Å². The number of carbonyl (C=O) groups is 1. The Bertz CT molecular complexity index is 619. The molecular weight excluding hydrogens is 372 g/mol. The van der Waals surface area contributed by atoms with Gasteiger partial charge in [0, 0.05) is 5.92 Å². The fourth-order valence-corrected chi connectivity index (χ4v) is 9.21. The molecule has 0 saturated heterocycles. The number of fused-ring (bicyclic) bond motifs is 5. The Hall–Kier alpha value is -0.410. The van der Waals surface area contributed by atoms with E-state index in [2.05, 4.69) is 20.8 Å². The third-order valence-corrected chi connectivity index (χ3v) is 11.0. The minimum Gasteiger partial charge on any atom is -0.393 e. The molecule has 0 radical (unpaired) electrons. The summed E-state index contributed by atoms with van der Waals surface area (Å²) in [4.78, 5) is 10.9. The molecule has 172 valence electrons. The molecular formula is C27H46O3. The average molecular weight is 419 g/mol. The lowest BCUT2D eigenvalue weighted by Gasteiger charge is -2.62. The Kier molecular flexibility index (Phi) is 6.45. The number of aliphatic hydroxyl groups excluding tert-OH is 2. The first-order valence-corrected chi connectivity index (χ1v) is 13.0. The number of carbonyl (C=O) groups excluding carboxylic acids is 1. The summed E-state index contributed by atoms with van der Waals surface area (Å²) in [6.45, 7) is 9.54. The standard InChI is InChI=1S/C27H46O3/c1-17(16-28)6-5-7-18(2)21-8-9-22-25-23(11-13-27(21,22)4)26(3)12-10-20(29)14-19(26)15-24(25)30/h16-25,29-30H,5-15H2,1-4H3/t17?,18-,19?,20?,21-,22+,23+,24?,25+,26+,27-/m1/s1. The van der Waals surface area contributed by atoms with Crippen LogP contribution in [0.5, 0.6) is 0 Å². The highest BCUT2D eigenvalue weighted by Gasteiger charge is 2.62. The summed E-state index contributed by atoms with van der Waals surface area (Å²) in [7, 11) is 0. The summed E-state index contributed by atoms with van der Waals surface area (Å²) in [6.07, 6.45) is 13.3. The molecule has 30 heavy (non-hydrogen) atoms. The molecule has 11 atom stereocenters. The molecule has 4 fully saturated rings. The van der Waals surface area contributed by atoms with Gasteiger partial charge in [0.15, 0.2) is 0 Å². The molecule has 0 aromatic rings. The van der Waals surface area contributed by atoms with Gasteiger partial charge in [-0.3, -0.25) is 0 Å². The number of rotatable bonds is 6. The molecule has 0 aliphatic heterocycles. The molecule has 0 heterocycles. The van der Waals surface area contributed by atoms with Crippen LogP contribution in [0.1, 0.15) is 98.3 Å². The second-order valence-electron chi connectivity index (χ2n) is 12.5. The Labute approximate surface area is 184 Å². The summed E-state index contributed by atoms with van der Waals surface area (Å²) < 4.78 is 0. The van der Waals surface area contributed by atoms with E-state index in [-0.39, 0.29) is 18.1 Å². The molecule has 4 aliphatic rings. The minimum atomic E-state index is -0.175. The van der Waals surface area contributed by atoms with Crippen LogP contribution in [0.3, 0.4) is 0 Å². The molecule has 4 unspecified atom stereocenters. The van der Waals surface area contributed by atoms with Gasteiger partial charge < -0.3 is 15.0 Å². The Morgan fingerprint density at radius 3 is 2.37 bits per heavy atom. The van der Waals surface area contributed by atoms with Gasteiger partial charge in [-0.2, -0.15) is 0 Å². The van der Waals surface area contributed by atoms with Crippen LogP contribution in [0.4, 0.5) is 0 Å². The molecule has 0 aromatic carbocycles. The molecule has 4 rings (SSSR count). The van der Waals surface area contributed by atoms with E-state index in [9.17, 15) is 15.0 Å². The maximum Gasteiger partial charge on any atom is 0.122 e. The van der Waals surface area contributed by atoms with Crippen LogP contribution in [-0.4, -0.2) is 28.7 Å². The molecule has 2 N–H and O–H groups in total. The summed E-state index contributed by atoms with van der Waals surface area (Å²) in [6, 6.07) is 0. The first-order valence-electron chi connectivity index (χ1n) is 13.0. The third kappa shape index (κ3) is 3.70. The minimum absolute atomic E-state index is 0.153. The van der Waals surface area contributed by atoms with Crippen LogP contribution in [0, 0.1) is 52.3 Å². The molecule has 0 aromatic heterocycles. The van der Waals surface area contributed by atoms with Crippen LogP contribution in [0.15, 0.2) is 0 Å². The number of aliphatic hydroxyl groups is 2. The number of hydrogen-bond acceptors (Lipinski definition) is 3. The zero-order valence-corrected chi connectivity index (χ0v) is 19.9. The van der Waals surface area contributed by atoms with Gasteiger partial charge in [0.1, 0.15) is 6.29 Å². The van der Waals surface area contributed by atoms with Crippen molar-refractivity contribution in [1.82, 2.24) is 0 Å². The van der Waals surface area contributed by atoms with Crippen molar-refractivity contribution in [2.24, 2.45) is 52.3 Å². The Morgan fingerprint density at radius 1 is 0.933 bits per heavy atom. The number of aldehydes is 1. The fraction of sp³-hybridized carbons (Fsp3) is 0.963. The van der Waals surface area contributed by atoms with Gasteiger partial charge in [-0.05, 0) is 104 Å². The smallest absolute Gasteiger partial charge is 0.122 e. The van der Waals surface area contributed by atoms with E-state index >= 15 is 0 Å². The highest BCUT2D eigenvalue weighted by Crippen LogP contribution is 2.68. The molecule has 3 heteroatoms. The zero-order valence-electron chi connectivity index (χ0n) is 19.9. The van der Waals surface area contributed by atoms with Gasteiger partial charge in [0.25, 0.3) is 0 Å². The lowest BCUT2D eigenvalue weighted by Crippen LogP contribution is -2.58. The second kappa shape index (κ2) is 8.50. The van der Waals surface area contributed by atoms with Crippen LogP contribution < -0.4 is 0 Å². The van der Waals surface area contributed by atoms with Gasteiger partial charge in [0.05, 0.1) is 12.2 Å². The van der Waals surface area contributed by atoms with Crippen LogP contribution in [-0.2, 0) is 4.79 Å². The van der Waals surface area contributed by atoms with Gasteiger partial charge in [0.2, 0.25) is 0 Å². The van der Waals surface area contributed by atoms with Gasteiger partial charge in [-0.25, -0.2) is 0 Å². The first kappa shape index (κ1) is 22.8. The quantitative estimate of drug-likeness (QED) is 0.551. The third-order valence-electron chi connectivity index (χ3n) is 11.0. The largest absolute Gasteiger partial charge is 0.393 e. The molecule has 0 bridgehead atoms. The van der Waals surface area contributed by atoms with Crippen molar-refractivity contribution in [3.63, 3.8) is 0 Å².